The number of benzene rings is 2. The molecule has 2 aromatic carbocycles. The van der Waals surface area contributed by atoms with E-state index in [0.717, 1.165) is 22.5 Å². The quantitative estimate of drug-likeness (QED) is 0.662. The van der Waals surface area contributed by atoms with Crippen LogP contribution < -0.4 is 0 Å². The fraction of sp³-hybridized carbons (Fsp3) is 0.200. The molecule has 0 radical (unpaired) electrons. The van der Waals surface area contributed by atoms with Gasteiger partial charge in [0.25, 0.3) is 0 Å². The Morgan fingerprint density at radius 2 is 1.74 bits per heavy atom. The lowest BCUT2D eigenvalue weighted by Gasteiger charge is -2.02. The summed E-state index contributed by atoms with van der Waals surface area (Å²) >= 11 is 0. The molecule has 3 nitrogen and oxygen atoms in total. The van der Waals surface area contributed by atoms with Crippen molar-refractivity contribution in [3.63, 3.8) is 0 Å². The van der Waals surface area contributed by atoms with Crippen LogP contribution in [0.1, 0.15) is 28.0 Å². The van der Waals surface area contributed by atoms with Crippen LogP contribution in [0, 0.1) is 6.92 Å². The maximum Gasteiger partial charge on any atom is 0.163 e. The van der Waals surface area contributed by atoms with Crippen molar-refractivity contribution in [3.8, 4) is 11.3 Å². The van der Waals surface area contributed by atoms with Crippen LogP contribution in [0.3, 0.4) is 0 Å². The van der Waals surface area contributed by atoms with Gasteiger partial charge in [-0.3, -0.25) is 9.48 Å². The van der Waals surface area contributed by atoms with Gasteiger partial charge in [0.1, 0.15) is 0 Å². The van der Waals surface area contributed by atoms with E-state index in [1.807, 2.05) is 73.3 Å². The van der Waals surface area contributed by atoms with Crippen molar-refractivity contribution in [2.45, 2.75) is 19.8 Å². The number of Topliss-reactive ketones (excluding diaryl/α,β-unsaturated/α-hetero) is 1. The molecule has 0 saturated carbocycles. The first-order valence-corrected chi connectivity index (χ1v) is 7.82. The van der Waals surface area contributed by atoms with Crippen LogP contribution in [-0.4, -0.2) is 15.6 Å². The molecular formula is C20H20N2O. The number of ketones is 1. The van der Waals surface area contributed by atoms with Gasteiger partial charge >= 0.3 is 0 Å². The van der Waals surface area contributed by atoms with E-state index in [9.17, 15) is 4.79 Å². The number of aromatic nitrogens is 2. The second kappa shape index (κ2) is 6.61. The summed E-state index contributed by atoms with van der Waals surface area (Å²) in [7, 11) is 1.93. The molecule has 23 heavy (non-hydrogen) atoms. The van der Waals surface area contributed by atoms with Gasteiger partial charge in [-0.15, -0.1) is 0 Å². The minimum Gasteiger partial charge on any atom is -0.294 e. The van der Waals surface area contributed by atoms with E-state index < -0.39 is 0 Å². The molecule has 3 heteroatoms. The van der Waals surface area contributed by atoms with E-state index in [0.29, 0.717) is 12.8 Å². The molecule has 0 N–H and O–H groups in total. The molecule has 0 aliphatic carbocycles. The Morgan fingerprint density at radius 1 is 1.04 bits per heavy atom. The lowest BCUT2D eigenvalue weighted by Crippen LogP contribution is -2.04. The molecule has 0 aliphatic rings. The zero-order valence-electron chi connectivity index (χ0n) is 13.5. The second-order valence-corrected chi connectivity index (χ2v) is 5.80. The lowest BCUT2D eigenvalue weighted by atomic mass is 10.0. The Labute approximate surface area is 136 Å². The van der Waals surface area contributed by atoms with Crippen LogP contribution in [0.15, 0.2) is 60.7 Å². The highest BCUT2D eigenvalue weighted by Crippen LogP contribution is 2.19. The zero-order valence-corrected chi connectivity index (χ0v) is 13.5. The smallest absolute Gasteiger partial charge is 0.163 e. The average molecular weight is 304 g/mol. The monoisotopic (exact) mass is 304 g/mol. The second-order valence-electron chi connectivity index (χ2n) is 5.80. The normalized spacial score (nSPS) is 10.7. The molecule has 0 spiro atoms. The maximum absolute atomic E-state index is 12.3. The van der Waals surface area contributed by atoms with E-state index in [4.69, 9.17) is 0 Å². The molecule has 0 saturated heterocycles. The summed E-state index contributed by atoms with van der Waals surface area (Å²) < 4.78 is 1.87. The van der Waals surface area contributed by atoms with Crippen molar-refractivity contribution in [1.29, 1.82) is 0 Å². The standard InChI is InChI=1S/C20H20N2O/c1-15-8-10-17(11-9-15)20(23)13-12-18-14-19(21-22(18)2)16-6-4-3-5-7-16/h3-11,14H,12-13H2,1-2H3. The molecule has 1 heterocycles. The number of carbonyl (C=O) groups excluding carboxylic acids is 1. The third-order valence-electron chi connectivity index (χ3n) is 4.03. The number of aryl methyl sites for hydroxylation is 3. The number of carbonyl (C=O) groups is 1. The van der Waals surface area contributed by atoms with Crippen LogP contribution >= 0.6 is 0 Å². The van der Waals surface area contributed by atoms with Gasteiger partial charge in [-0.2, -0.15) is 5.10 Å². The predicted molar refractivity (Wildman–Crippen MR) is 92.5 cm³/mol. The van der Waals surface area contributed by atoms with Crippen molar-refractivity contribution < 1.29 is 4.79 Å². The van der Waals surface area contributed by atoms with Gasteiger partial charge in [0.05, 0.1) is 5.69 Å². The van der Waals surface area contributed by atoms with Crippen molar-refractivity contribution in [2.24, 2.45) is 7.05 Å². The Kier molecular flexibility index (Phi) is 4.38. The molecule has 0 unspecified atom stereocenters. The molecule has 116 valence electrons. The Bertz CT molecular complexity index is 801. The Morgan fingerprint density at radius 3 is 2.43 bits per heavy atom. The highest BCUT2D eigenvalue weighted by Gasteiger charge is 2.10. The molecule has 0 aliphatic heterocycles. The fourth-order valence-corrected chi connectivity index (χ4v) is 2.62. The molecule has 1 aromatic heterocycles. The summed E-state index contributed by atoms with van der Waals surface area (Å²) in [5.74, 6) is 0.174. The third-order valence-corrected chi connectivity index (χ3v) is 4.03. The van der Waals surface area contributed by atoms with E-state index in [2.05, 4.69) is 11.2 Å². The van der Waals surface area contributed by atoms with Crippen molar-refractivity contribution in [2.75, 3.05) is 0 Å². The third kappa shape index (κ3) is 3.57. The minimum absolute atomic E-state index is 0.174. The summed E-state index contributed by atoms with van der Waals surface area (Å²) in [6.45, 7) is 2.02. The lowest BCUT2D eigenvalue weighted by molar-refractivity contribution is 0.0982. The van der Waals surface area contributed by atoms with E-state index in [1.165, 1.54) is 5.56 Å². The van der Waals surface area contributed by atoms with Gasteiger partial charge < -0.3 is 0 Å². The van der Waals surface area contributed by atoms with Gasteiger partial charge in [0.15, 0.2) is 5.78 Å². The molecule has 3 aromatic rings. The van der Waals surface area contributed by atoms with Gasteiger partial charge in [0, 0.05) is 30.3 Å². The van der Waals surface area contributed by atoms with Crippen LogP contribution in [0.4, 0.5) is 0 Å². The first kappa shape index (κ1) is 15.2. The average Bonchev–Trinajstić information content (AvgIpc) is 2.95. The van der Waals surface area contributed by atoms with Gasteiger partial charge in [-0.1, -0.05) is 60.2 Å². The number of hydrogen-bond acceptors (Lipinski definition) is 2. The largest absolute Gasteiger partial charge is 0.294 e. The SMILES string of the molecule is Cc1ccc(C(=O)CCc2cc(-c3ccccc3)nn2C)cc1. The first-order valence-electron chi connectivity index (χ1n) is 7.82. The van der Waals surface area contributed by atoms with Gasteiger partial charge in [-0.25, -0.2) is 0 Å². The van der Waals surface area contributed by atoms with Crippen molar-refractivity contribution in [1.82, 2.24) is 9.78 Å². The zero-order chi connectivity index (χ0) is 16.2. The highest BCUT2D eigenvalue weighted by atomic mass is 16.1. The maximum atomic E-state index is 12.3. The Balaban J connectivity index is 1.70. The molecule has 0 bridgehead atoms. The molecule has 0 atom stereocenters. The molecule has 0 amide bonds. The van der Waals surface area contributed by atoms with Crippen LogP contribution in [-0.2, 0) is 13.5 Å². The molecule has 3 rings (SSSR count). The fourth-order valence-electron chi connectivity index (χ4n) is 2.62. The Hall–Kier alpha value is -2.68. The van der Waals surface area contributed by atoms with Gasteiger partial charge in [-0.05, 0) is 19.4 Å². The van der Waals surface area contributed by atoms with Crippen LogP contribution in [0.2, 0.25) is 0 Å². The summed E-state index contributed by atoms with van der Waals surface area (Å²) in [5, 5.41) is 4.55. The minimum atomic E-state index is 0.174. The molecular weight excluding hydrogens is 284 g/mol. The highest BCUT2D eigenvalue weighted by molar-refractivity contribution is 5.96. The molecule has 0 fully saturated rings. The van der Waals surface area contributed by atoms with E-state index >= 15 is 0 Å². The summed E-state index contributed by atoms with van der Waals surface area (Å²) in [6, 6.07) is 19.9. The van der Waals surface area contributed by atoms with Gasteiger partial charge in [0.2, 0.25) is 0 Å². The first-order chi connectivity index (χ1) is 11.1. The predicted octanol–water partition coefficient (Wildman–Crippen LogP) is 4.21. The summed E-state index contributed by atoms with van der Waals surface area (Å²) in [6.07, 6.45) is 1.19. The summed E-state index contributed by atoms with van der Waals surface area (Å²) in [4.78, 5) is 12.3. The van der Waals surface area contributed by atoms with Crippen LogP contribution in [0.25, 0.3) is 11.3 Å². The van der Waals surface area contributed by atoms with Crippen molar-refractivity contribution >= 4 is 5.78 Å². The van der Waals surface area contributed by atoms with Crippen molar-refractivity contribution in [3.05, 3.63) is 77.5 Å². The number of rotatable bonds is 5. The number of hydrogen-bond donors (Lipinski definition) is 0. The van der Waals surface area contributed by atoms with E-state index in [-0.39, 0.29) is 5.78 Å². The number of nitrogens with zero attached hydrogens (tertiary/aromatic N) is 2. The van der Waals surface area contributed by atoms with Crippen LogP contribution in [0.5, 0.6) is 0 Å². The topological polar surface area (TPSA) is 34.9 Å². The summed E-state index contributed by atoms with van der Waals surface area (Å²) in [5.41, 5.74) is 5.07. The van der Waals surface area contributed by atoms with E-state index in [1.54, 1.807) is 0 Å².